The maximum atomic E-state index is 12.4. The Labute approximate surface area is 116 Å². The predicted octanol–water partition coefficient (Wildman–Crippen LogP) is 3.28. The fourth-order valence-electron chi connectivity index (χ4n) is 2.11. The van der Waals surface area contributed by atoms with Gasteiger partial charge < -0.3 is 10.5 Å². The van der Waals surface area contributed by atoms with Crippen LogP contribution in [0.5, 0.6) is 5.75 Å². The van der Waals surface area contributed by atoms with Gasteiger partial charge in [-0.2, -0.15) is 0 Å². The van der Waals surface area contributed by atoms with Crippen molar-refractivity contribution in [2.75, 3.05) is 6.54 Å². The number of nitrogens with two attached hydrogens (primary N) is 1. The molecule has 0 amide bonds. The summed E-state index contributed by atoms with van der Waals surface area (Å²) in [6.45, 7) is 8.54. The summed E-state index contributed by atoms with van der Waals surface area (Å²) in [5.74, 6) is 1.22. The Morgan fingerprint density at radius 1 is 1.26 bits per heavy atom. The van der Waals surface area contributed by atoms with E-state index in [1.54, 1.807) is 0 Å². The molecule has 0 radical (unpaired) electrons. The summed E-state index contributed by atoms with van der Waals surface area (Å²) in [4.78, 5) is 12.4. The average Bonchev–Trinajstić information content (AvgIpc) is 2.34. The van der Waals surface area contributed by atoms with Crippen LogP contribution in [0.2, 0.25) is 0 Å². The molecule has 19 heavy (non-hydrogen) atoms. The molecule has 0 fully saturated rings. The molecular formula is C16H25NO2. The van der Waals surface area contributed by atoms with Crippen molar-refractivity contribution in [1.82, 2.24) is 0 Å². The van der Waals surface area contributed by atoms with Crippen LogP contribution in [0.3, 0.4) is 0 Å². The summed E-state index contributed by atoms with van der Waals surface area (Å²) in [6.07, 6.45) is 0.927. The maximum Gasteiger partial charge on any atom is 0.167 e. The highest BCUT2D eigenvalue weighted by atomic mass is 16.5. The maximum absolute atomic E-state index is 12.4. The molecule has 2 N–H and O–H groups in total. The summed E-state index contributed by atoms with van der Waals surface area (Å²) in [7, 11) is 0. The zero-order valence-electron chi connectivity index (χ0n) is 12.3. The lowest BCUT2D eigenvalue weighted by molar-refractivity contribution is 0.0908. The van der Waals surface area contributed by atoms with Gasteiger partial charge in [0.15, 0.2) is 5.78 Å². The molecule has 3 nitrogen and oxygen atoms in total. The van der Waals surface area contributed by atoms with Gasteiger partial charge in [-0.15, -0.1) is 0 Å². The molecule has 1 atom stereocenters. The molecule has 0 spiro atoms. The van der Waals surface area contributed by atoms with Crippen molar-refractivity contribution in [3.63, 3.8) is 0 Å². The second-order valence-electron chi connectivity index (χ2n) is 5.62. The Morgan fingerprint density at radius 2 is 1.95 bits per heavy atom. The second-order valence-corrected chi connectivity index (χ2v) is 5.62. The van der Waals surface area contributed by atoms with Crippen molar-refractivity contribution < 1.29 is 9.53 Å². The summed E-state index contributed by atoms with van der Waals surface area (Å²) < 4.78 is 5.62. The molecule has 1 rings (SSSR count). The van der Waals surface area contributed by atoms with Gasteiger partial charge in [-0.25, -0.2) is 0 Å². The van der Waals surface area contributed by atoms with Crippen molar-refractivity contribution in [1.29, 1.82) is 0 Å². The molecule has 106 valence electrons. The highest BCUT2D eigenvalue weighted by molar-refractivity contribution is 5.98. The minimum Gasteiger partial charge on any atom is -0.491 e. The Kier molecular flexibility index (Phi) is 6.03. The number of hydrogen-bond donors (Lipinski definition) is 1. The number of ketones is 1. The highest BCUT2D eigenvalue weighted by Crippen LogP contribution is 2.20. The third kappa shape index (κ3) is 5.03. The number of benzene rings is 1. The van der Waals surface area contributed by atoms with E-state index in [1.807, 2.05) is 38.1 Å². The first-order valence-corrected chi connectivity index (χ1v) is 6.95. The molecule has 0 saturated carbocycles. The van der Waals surface area contributed by atoms with Gasteiger partial charge in [0.2, 0.25) is 0 Å². The van der Waals surface area contributed by atoms with E-state index >= 15 is 0 Å². The van der Waals surface area contributed by atoms with Crippen LogP contribution in [-0.2, 0) is 0 Å². The smallest absolute Gasteiger partial charge is 0.167 e. The molecule has 0 heterocycles. The van der Waals surface area contributed by atoms with E-state index in [-0.39, 0.29) is 17.8 Å². The highest BCUT2D eigenvalue weighted by Gasteiger charge is 2.20. The van der Waals surface area contributed by atoms with E-state index < -0.39 is 0 Å². The van der Waals surface area contributed by atoms with Crippen LogP contribution >= 0.6 is 0 Å². The number of carbonyl (C=O) groups excluding carboxylic acids is 1. The molecule has 1 aromatic carbocycles. The van der Waals surface area contributed by atoms with Gasteiger partial charge in [-0.3, -0.25) is 4.79 Å². The molecule has 0 saturated heterocycles. The Morgan fingerprint density at radius 3 is 2.47 bits per heavy atom. The SMILES string of the molecule is CC(C)CC(CN)C(=O)c1cccc(OC(C)C)c1. The summed E-state index contributed by atoms with van der Waals surface area (Å²) >= 11 is 0. The summed E-state index contributed by atoms with van der Waals surface area (Å²) in [5.41, 5.74) is 6.42. The van der Waals surface area contributed by atoms with Crippen LogP contribution in [0.15, 0.2) is 24.3 Å². The zero-order valence-corrected chi connectivity index (χ0v) is 12.3. The van der Waals surface area contributed by atoms with Crippen LogP contribution in [0.25, 0.3) is 0 Å². The lowest BCUT2D eigenvalue weighted by Crippen LogP contribution is -2.25. The van der Waals surface area contributed by atoms with E-state index in [0.29, 0.717) is 18.0 Å². The van der Waals surface area contributed by atoms with Crippen LogP contribution in [0, 0.1) is 11.8 Å². The fourth-order valence-corrected chi connectivity index (χ4v) is 2.11. The lowest BCUT2D eigenvalue weighted by Gasteiger charge is -2.17. The van der Waals surface area contributed by atoms with Gasteiger partial charge in [0.1, 0.15) is 5.75 Å². The van der Waals surface area contributed by atoms with Crippen molar-refractivity contribution >= 4 is 5.78 Å². The first-order chi connectivity index (χ1) is 8.93. The lowest BCUT2D eigenvalue weighted by atomic mass is 9.90. The average molecular weight is 263 g/mol. The van der Waals surface area contributed by atoms with Crippen LogP contribution < -0.4 is 10.5 Å². The topological polar surface area (TPSA) is 52.3 Å². The minimum atomic E-state index is -0.103. The second kappa shape index (κ2) is 7.29. The number of carbonyl (C=O) groups is 1. The van der Waals surface area contributed by atoms with Crippen LogP contribution in [0.1, 0.15) is 44.5 Å². The normalized spacial score (nSPS) is 12.8. The van der Waals surface area contributed by atoms with Gasteiger partial charge in [0.25, 0.3) is 0 Å². The monoisotopic (exact) mass is 263 g/mol. The Bertz CT molecular complexity index is 413. The largest absolute Gasteiger partial charge is 0.491 e. The van der Waals surface area contributed by atoms with E-state index in [0.717, 1.165) is 12.2 Å². The quantitative estimate of drug-likeness (QED) is 0.768. The zero-order chi connectivity index (χ0) is 14.4. The molecule has 3 heteroatoms. The number of rotatable bonds is 7. The number of hydrogen-bond acceptors (Lipinski definition) is 3. The third-order valence-corrected chi connectivity index (χ3v) is 2.90. The first kappa shape index (κ1) is 15.7. The van der Waals surface area contributed by atoms with Crippen molar-refractivity contribution in [3.8, 4) is 5.75 Å². The van der Waals surface area contributed by atoms with Crippen LogP contribution in [0.4, 0.5) is 0 Å². The minimum absolute atomic E-state index is 0.103. The predicted molar refractivity (Wildman–Crippen MR) is 78.5 cm³/mol. The molecule has 0 bridgehead atoms. The third-order valence-electron chi connectivity index (χ3n) is 2.90. The molecular weight excluding hydrogens is 238 g/mol. The van der Waals surface area contributed by atoms with Gasteiger partial charge in [0, 0.05) is 18.0 Å². The summed E-state index contributed by atoms with van der Waals surface area (Å²) in [5, 5.41) is 0. The molecule has 1 aromatic rings. The standard InChI is InChI=1S/C16H25NO2/c1-11(2)8-14(10-17)16(18)13-6-5-7-15(9-13)19-12(3)4/h5-7,9,11-12,14H,8,10,17H2,1-4H3. The number of Topliss-reactive ketones (excluding diaryl/α,β-unsaturated/α-hetero) is 1. The molecule has 0 aliphatic carbocycles. The van der Waals surface area contributed by atoms with Gasteiger partial charge in [-0.1, -0.05) is 26.0 Å². The van der Waals surface area contributed by atoms with Gasteiger partial charge in [0.05, 0.1) is 6.10 Å². The summed E-state index contributed by atoms with van der Waals surface area (Å²) in [6, 6.07) is 7.37. The Hall–Kier alpha value is -1.35. The Balaban J connectivity index is 2.85. The van der Waals surface area contributed by atoms with Crippen molar-refractivity contribution in [3.05, 3.63) is 29.8 Å². The van der Waals surface area contributed by atoms with E-state index in [9.17, 15) is 4.79 Å². The molecule has 0 aliphatic rings. The fraction of sp³-hybridized carbons (Fsp3) is 0.562. The molecule has 0 aromatic heterocycles. The van der Waals surface area contributed by atoms with E-state index in [2.05, 4.69) is 13.8 Å². The number of ether oxygens (including phenoxy) is 1. The van der Waals surface area contributed by atoms with Crippen LogP contribution in [-0.4, -0.2) is 18.4 Å². The van der Waals surface area contributed by atoms with E-state index in [4.69, 9.17) is 10.5 Å². The molecule has 1 unspecified atom stereocenters. The van der Waals surface area contributed by atoms with Crippen molar-refractivity contribution in [2.45, 2.75) is 40.2 Å². The van der Waals surface area contributed by atoms with Gasteiger partial charge >= 0.3 is 0 Å². The van der Waals surface area contributed by atoms with E-state index in [1.165, 1.54) is 0 Å². The molecule has 0 aliphatic heterocycles. The van der Waals surface area contributed by atoms with Gasteiger partial charge in [-0.05, 0) is 38.3 Å². The first-order valence-electron chi connectivity index (χ1n) is 6.95. The van der Waals surface area contributed by atoms with Crippen molar-refractivity contribution in [2.24, 2.45) is 17.6 Å².